The maximum Gasteiger partial charge on any atom is 0.269 e. The fourth-order valence-electron chi connectivity index (χ4n) is 1.17. The predicted octanol–water partition coefficient (Wildman–Crippen LogP) is 3.20. The van der Waals surface area contributed by atoms with Crippen molar-refractivity contribution in [1.29, 1.82) is 0 Å². The van der Waals surface area contributed by atoms with Gasteiger partial charge in [0.25, 0.3) is 5.69 Å². The molecule has 0 spiro atoms. The van der Waals surface area contributed by atoms with Crippen molar-refractivity contribution in [3.63, 3.8) is 0 Å². The number of halogens is 1. The highest BCUT2D eigenvalue weighted by Crippen LogP contribution is 2.26. The first-order chi connectivity index (χ1) is 6.02. The number of nitrogens with zero attached hydrogens (tertiary/aromatic N) is 1. The summed E-state index contributed by atoms with van der Waals surface area (Å²) in [7, 11) is 0. The Morgan fingerprint density at radius 2 is 2.15 bits per heavy atom. The quantitative estimate of drug-likeness (QED) is 0.417. The van der Waals surface area contributed by atoms with Gasteiger partial charge in [0.15, 0.2) is 0 Å². The van der Waals surface area contributed by atoms with E-state index in [1.54, 1.807) is 13.0 Å². The molecule has 0 aliphatic heterocycles. The minimum absolute atomic E-state index is 0.0908. The second kappa shape index (κ2) is 3.75. The number of nitro benzene ring substituents is 1. The molecule has 0 aliphatic carbocycles. The third-order valence-corrected chi connectivity index (χ3v) is 2.14. The first kappa shape index (κ1) is 9.99. The summed E-state index contributed by atoms with van der Waals surface area (Å²) in [6, 6.07) is 4.72. The molecular formula is C9H10ClNO2. The Balaban J connectivity index is 3.19. The van der Waals surface area contributed by atoms with Gasteiger partial charge in [-0.15, -0.1) is 11.6 Å². The number of rotatable bonds is 2. The van der Waals surface area contributed by atoms with E-state index in [2.05, 4.69) is 0 Å². The highest BCUT2D eigenvalue weighted by Gasteiger charge is 2.11. The van der Waals surface area contributed by atoms with Gasteiger partial charge < -0.3 is 0 Å². The smallest absolute Gasteiger partial charge is 0.258 e. The number of hydrogen-bond acceptors (Lipinski definition) is 2. The topological polar surface area (TPSA) is 43.1 Å². The van der Waals surface area contributed by atoms with Crippen molar-refractivity contribution in [3.05, 3.63) is 39.4 Å². The van der Waals surface area contributed by atoms with E-state index >= 15 is 0 Å². The van der Waals surface area contributed by atoms with Crippen molar-refractivity contribution < 1.29 is 4.92 Å². The molecule has 70 valence electrons. The molecule has 4 heteroatoms. The lowest BCUT2D eigenvalue weighted by molar-refractivity contribution is -0.384. The Kier molecular flexibility index (Phi) is 2.88. The Bertz CT molecular complexity index is 336. The van der Waals surface area contributed by atoms with Crippen molar-refractivity contribution >= 4 is 17.3 Å². The summed E-state index contributed by atoms with van der Waals surface area (Å²) in [6.07, 6.45) is 0. The summed E-state index contributed by atoms with van der Waals surface area (Å²) < 4.78 is 0. The summed E-state index contributed by atoms with van der Waals surface area (Å²) in [6.45, 7) is 3.69. The number of alkyl halides is 1. The molecule has 0 amide bonds. The average Bonchev–Trinajstić information content (AvgIpc) is 2.04. The molecule has 1 aromatic carbocycles. The molecular weight excluding hydrogens is 190 g/mol. The molecule has 0 saturated carbocycles. The second-order valence-electron chi connectivity index (χ2n) is 2.91. The molecule has 0 N–H and O–H groups in total. The average molecular weight is 200 g/mol. The van der Waals surface area contributed by atoms with Crippen LogP contribution in [0.4, 0.5) is 5.69 Å². The van der Waals surface area contributed by atoms with E-state index in [0.717, 1.165) is 11.1 Å². The lowest BCUT2D eigenvalue weighted by atomic mass is 10.1. The zero-order chi connectivity index (χ0) is 10.0. The van der Waals surface area contributed by atoms with Gasteiger partial charge in [0, 0.05) is 12.1 Å². The molecule has 1 atom stereocenters. The zero-order valence-electron chi connectivity index (χ0n) is 7.45. The van der Waals surface area contributed by atoms with Gasteiger partial charge in [-0.25, -0.2) is 0 Å². The first-order valence-corrected chi connectivity index (χ1v) is 4.35. The molecule has 0 aromatic heterocycles. The highest BCUT2D eigenvalue weighted by molar-refractivity contribution is 6.20. The van der Waals surface area contributed by atoms with Crippen molar-refractivity contribution in [2.24, 2.45) is 0 Å². The standard InChI is InChI=1S/C9H10ClNO2/c1-6-3-4-8(11(12)13)5-9(6)7(2)10/h3-5,7H,1-2H3/t7-/m0/s1. The minimum Gasteiger partial charge on any atom is -0.258 e. The zero-order valence-corrected chi connectivity index (χ0v) is 8.21. The van der Waals surface area contributed by atoms with E-state index < -0.39 is 4.92 Å². The van der Waals surface area contributed by atoms with Crippen LogP contribution in [-0.2, 0) is 0 Å². The number of aryl methyl sites for hydroxylation is 1. The molecule has 3 nitrogen and oxygen atoms in total. The first-order valence-electron chi connectivity index (χ1n) is 3.91. The fourth-order valence-corrected chi connectivity index (χ4v) is 1.41. The van der Waals surface area contributed by atoms with Gasteiger partial charge in [-0.05, 0) is 25.0 Å². The lowest BCUT2D eigenvalue weighted by Gasteiger charge is -2.06. The normalized spacial score (nSPS) is 12.5. The SMILES string of the molecule is Cc1ccc([N+](=O)[O-])cc1[C@H](C)Cl. The van der Waals surface area contributed by atoms with Gasteiger partial charge in [-0.3, -0.25) is 10.1 Å². The van der Waals surface area contributed by atoms with E-state index in [1.807, 2.05) is 6.92 Å². The van der Waals surface area contributed by atoms with Crippen LogP contribution >= 0.6 is 11.6 Å². The summed E-state index contributed by atoms with van der Waals surface area (Å²) in [5.74, 6) is 0. The Hall–Kier alpha value is -1.09. The number of non-ortho nitro benzene ring substituents is 1. The van der Waals surface area contributed by atoms with Gasteiger partial charge in [-0.1, -0.05) is 6.07 Å². The molecule has 0 fully saturated rings. The fraction of sp³-hybridized carbons (Fsp3) is 0.333. The van der Waals surface area contributed by atoms with Crippen LogP contribution < -0.4 is 0 Å². The molecule has 0 saturated heterocycles. The van der Waals surface area contributed by atoms with Crippen LogP contribution in [0.1, 0.15) is 23.4 Å². The van der Waals surface area contributed by atoms with E-state index in [1.165, 1.54) is 12.1 Å². The van der Waals surface area contributed by atoms with E-state index in [9.17, 15) is 10.1 Å². The molecule has 0 bridgehead atoms. The number of nitro groups is 1. The van der Waals surface area contributed by atoms with Gasteiger partial charge in [-0.2, -0.15) is 0 Å². The Morgan fingerprint density at radius 3 is 2.62 bits per heavy atom. The molecule has 0 unspecified atom stereocenters. The highest BCUT2D eigenvalue weighted by atomic mass is 35.5. The van der Waals surface area contributed by atoms with Crippen molar-refractivity contribution in [2.75, 3.05) is 0 Å². The number of hydrogen-bond donors (Lipinski definition) is 0. The van der Waals surface area contributed by atoms with Crippen molar-refractivity contribution in [2.45, 2.75) is 19.2 Å². The molecule has 13 heavy (non-hydrogen) atoms. The van der Waals surface area contributed by atoms with Gasteiger partial charge in [0.05, 0.1) is 10.3 Å². The van der Waals surface area contributed by atoms with Crippen LogP contribution in [0.5, 0.6) is 0 Å². The summed E-state index contributed by atoms with van der Waals surface area (Å²) in [5, 5.41) is 10.3. The third-order valence-electron chi connectivity index (χ3n) is 1.90. The van der Waals surface area contributed by atoms with E-state index in [-0.39, 0.29) is 11.1 Å². The Labute approximate surface area is 81.5 Å². The summed E-state index contributed by atoms with van der Waals surface area (Å²) in [4.78, 5) is 10.0. The second-order valence-corrected chi connectivity index (χ2v) is 3.57. The van der Waals surface area contributed by atoms with Crippen LogP contribution in [0.15, 0.2) is 18.2 Å². The van der Waals surface area contributed by atoms with Crippen molar-refractivity contribution in [3.8, 4) is 0 Å². The summed E-state index contributed by atoms with van der Waals surface area (Å²) in [5.41, 5.74) is 1.89. The third kappa shape index (κ3) is 2.18. The van der Waals surface area contributed by atoms with Crippen LogP contribution in [0, 0.1) is 17.0 Å². The largest absolute Gasteiger partial charge is 0.269 e. The molecule has 1 rings (SSSR count). The van der Waals surface area contributed by atoms with Gasteiger partial charge in [0.1, 0.15) is 0 Å². The maximum absolute atomic E-state index is 10.4. The maximum atomic E-state index is 10.4. The van der Waals surface area contributed by atoms with Gasteiger partial charge >= 0.3 is 0 Å². The van der Waals surface area contributed by atoms with Crippen LogP contribution in [-0.4, -0.2) is 4.92 Å². The van der Waals surface area contributed by atoms with Crippen LogP contribution in [0.25, 0.3) is 0 Å². The van der Waals surface area contributed by atoms with E-state index in [0.29, 0.717) is 0 Å². The Morgan fingerprint density at radius 1 is 1.54 bits per heavy atom. The minimum atomic E-state index is -0.414. The molecule has 0 radical (unpaired) electrons. The van der Waals surface area contributed by atoms with E-state index in [4.69, 9.17) is 11.6 Å². The molecule has 0 heterocycles. The summed E-state index contributed by atoms with van der Waals surface area (Å²) >= 11 is 5.86. The molecule has 1 aromatic rings. The monoisotopic (exact) mass is 199 g/mol. The van der Waals surface area contributed by atoms with Gasteiger partial charge in [0.2, 0.25) is 0 Å². The lowest BCUT2D eigenvalue weighted by Crippen LogP contribution is -1.93. The number of benzene rings is 1. The predicted molar refractivity (Wildman–Crippen MR) is 52.1 cm³/mol. The van der Waals surface area contributed by atoms with Crippen molar-refractivity contribution in [1.82, 2.24) is 0 Å². The van der Waals surface area contributed by atoms with Crippen LogP contribution in [0.3, 0.4) is 0 Å². The molecule has 0 aliphatic rings. The van der Waals surface area contributed by atoms with Crippen LogP contribution in [0.2, 0.25) is 0 Å².